The lowest BCUT2D eigenvalue weighted by Crippen LogP contribution is -2.51. The fourth-order valence-electron chi connectivity index (χ4n) is 1.67. The van der Waals surface area contributed by atoms with Gasteiger partial charge in [-0.25, -0.2) is 8.42 Å². The summed E-state index contributed by atoms with van der Waals surface area (Å²) in [5.41, 5.74) is -1.49. The van der Waals surface area contributed by atoms with E-state index >= 15 is 0 Å². The number of sulfonamides is 1. The van der Waals surface area contributed by atoms with Crippen LogP contribution in [0.25, 0.3) is 0 Å². The Balaban J connectivity index is 3.07. The van der Waals surface area contributed by atoms with E-state index < -0.39 is 21.5 Å². The van der Waals surface area contributed by atoms with Crippen molar-refractivity contribution in [3.8, 4) is 0 Å². The first-order chi connectivity index (χ1) is 8.71. The van der Waals surface area contributed by atoms with E-state index in [-0.39, 0.29) is 11.3 Å². The number of rotatable bonds is 6. The van der Waals surface area contributed by atoms with Gasteiger partial charge < -0.3 is 5.11 Å². The quantitative estimate of drug-likeness (QED) is 0.722. The van der Waals surface area contributed by atoms with Crippen LogP contribution in [-0.2, 0) is 14.8 Å². The van der Waals surface area contributed by atoms with Gasteiger partial charge in [0, 0.05) is 3.57 Å². The zero-order valence-electron chi connectivity index (χ0n) is 10.7. The number of nitrogens with one attached hydrogen (secondary N) is 1. The number of hydrogen-bond acceptors (Lipinski definition) is 3. The maximum atomic E-state index is 12.2. The van der Waals surface area contributed by atoms with Crippen molar-refractivity contribution in [1.82, 2.24) is 4.72 Å². The second kappa shape index (κ2) is 6.19. The van der Waals surface area contributed by atoms with Crippen LogP contribution < -0.4 is 4.72 Å². The van der Waals surface area contributed by atoms with Gasteiger partial charge >= 0.3 is 5.97 Å². The summed E-state index contributed by atoms with van der Waals surface area (Å²) < 4.78 is 27.5. The Kier molecular flexibility index (Phi) is 5.34. The van der Waals surface area contributed by atoms with Gasteiger partial charge in [-0.2, -0.15) is 4.72 Å². The van der Waals surface area contributed by atoms with Crippen LogP contribution >= 0.6 is 22.6 Å². The lowest BCUT2D eigenvalue weighted by molar-refractivity contribution is -0.143. The summed E-state index contributed by atoms with van der Waals surface area (Å²) >= 11 is 2.07. The number of carboxylic acid groups (broad SMARTS) is 1. The van der Waals surface area contributed by atoms with E-state index in [9.17, 15) is 18.3 Å². The Bertz CT molecular complexity index is 556. The number of hydrogen-bond donors (Lipinski definition) is 2. The molecule has 0 aromatic heterocycles. The molecule has 0 aliphatic heterocycles. The fourth-order valence-corrected chi connectivity index (χ4v) is 3.43. The van der Waals surface area contributed by atoms with E-state index in [0.29, 0.717) is 6.42 Å². The third kappa shape index (κ3) is 4.15. The Labute approximate surface area is 126 Å². The highest BCUT2D eigenvalue weighted by Gasteiger charge is 2.36. The molecule has 1 aromatic rings. The summed E-state index contributed by atoms with van der Waals surface area (Å²) in [5, 5.41) is 9.19. The van der Waals surface area contributed by atoms with Gasteiger partial charge in [0.15, 0.2) is 0 Å². The third-order valence-electron chi connectivity index (χ3n) is 2.71. The number of halogens is 1. The van der Waals surface area contributed by atoms with Crippen molar-refractivity contribution in [1.29, 1.82) is 0 Å². The molecule has 106 valence electrons. The molecule has 0 fully saturated rings. The van der Waals surface area contributed by atoms with E-state index in [2.05, 4.69) is 27.3 Å². The summed E-state index contributed by atoms with van der Waals surface area (Å²) in [6, 6.07) is 6.23. The molecule has 1 rings (SSSR count). The van der Waals surface area contributed by atoms with Crippen molar-refractivity contribution in [2.24, 2.45) is 0 Å². The zero-order chi connectivity index (χ0) is 14.7. The van der Waals surface area contributed by atoms with Crippen molar-refractivity contribution in [2.45, 2.75) is 37.1 Å². The number of aliphatic carboxylic acids is 1. The van der Waals surface area contributed by atoms with Crippen LogP contribution in [0, 0.1) is 3.57 Å². The molecule has 2 N–H and O–H groups in total. The molecule has 0 aliphatic rings. The third-order valence-corrected chi connectivity index (χ3v) is 5.04. The van der Waals surface area contributed by atoms with Crippen LogP contribution in [0.1, 0.15) is 26.7 Å². The average molecular weight is 397 g/mol. The Morgan fingerprint density at radius 3 is 2.32 bits per heavy atom. The van der Waals surface area contributed by atoms with Gasteiger partial charge in [-0.15, -0.1) is 0 Å². The zero-order valence-corrected chi connectivity index (χ0v) is 13.7. The van der Waals surface area contributed by atoms with Crippen LogP contribution in [0.2, 0.25) is 0 Å². The molecule has 1 aromatic carbocycles. The molecule has 0 saturated heterocycles. The summed E-state index contributed by atoms with van der Waals surface area (Å²) in [4.78, 5) is 11.3. The van der Waals surface area contributed by atoms with Crippen LogP contribution in [0.15, 0.2) is 29.2 Å². The largest absolute Gasteiger partial charge is 0.480 e. The molecular formula is C12H16INO4S. The maximum absolute atomic E-state index is 12.2. The summed E-state index contributed by atoms with van der Waals surface area (Å²) in [6.45, 7) is 3.18. The van der Waals surface area contributed by atoms with E-state index in [1.54, 1.807) is 19.1 Å². The molecule has 0 radical (unpaired) electrons. The Morgan fingerprint density at radius 2 is 1.89 bits per heavy atom. The smallest absolute Gasteiger partial charge is 0.324 e. The van der Waals surface area contributed by atoms with Crippen LogP contribution in [-0.4, -0.2) is 25.0 Å². The monoisotopic (exact) mass is 397 g/mol. The van der Waals surface area contributed by atoms with Gasteiger partial charge in [-0.3, -0.25) is 4.79 Å². The van der Waals surface area contributed by atoms with Crippen molar-refractivity contribution >= 4 is 38.6 Å². The maximum Gasteiger partial charge on any atom is 0.324 e. The SMILES string of the molecule is CCCC(C)(NS(=O)(=O)c1ccc(I)cc1)C(=O)O. The van der Waals surface area contributed by atoms with Crippen LogP contribution in [0.5, 0.6) is 0 Å². The van der Waals surface area contributed by atoms with Crippen molar-refractivity contribution in [3.05, 3.63) is 27.8 Å². The average Bonchev–Trinajstić information content (AvgIpc) is 2.28. The lowest BCUT2D eigenvalue weighted by atomic mass is 9.98. The highest BCUT2D eigenvalue weighted by Crippen LogP contribution is 2.19. The van der Waals surface area contributed by atoms with E-state index in [1.165, 1.54) is 19.1 Å². The predicted molar refractivity (Wildman–Crippen MR) is 80.4 cm³/mol. The lowest BCUT2D eigenvalue weighted by Gasteiger charge is -2.25. The summed E-state index contributed by atoms with van der Waals surface area (Å²) in [5.74, 6) is -1.18. The fraction of sp³-hybridized carbons (Fsp3) is 0.417. The number of carbonyl (C=O) groups is 1. The second-order valence-electron chi connectivity index (χ2n) is 4.45. The van der Waals surface area contributed by atoms with E-state index in [4.69, 9.17) is 0 Å². The summed E-state index contributed by atoms with van der Waals surface area (Å²) in [6.07, 6.45) is 0.796. The van der Waals surface area contributed by atoms with Gasteiger partial charge in [0.05, 0.1) is 4.90 Å². The minimum absolute atomic E-state index is 0.0662. The molecule has 0 heterocycles. The van der Waals surface area contributed by atoms with Gasteiger partial charge in [0.2, 0.25) is 10.0 Å². The van der Waals surface area contributed by atoms with E-state index in [0.717, 1.165) is 3.57 Å². The molecule has 7 heteroatoms. The van der Waals surface area contributed by atoms with Crippen molar-refractivity contribution in [3.63, 3.8) is 0 Å². The normalized spacial score (nSPS) is 14.9. The van der Waals surface area contributed by atoms with Gasteiger partial charge in [0.25, 0.3) is 0 Å². The first kappa shape index (κ1) is 16.4. The van der Waals surface area contributed by atoms with Gasteiger partial charge in [0.1, 0.15) is 5.54 Å². The first-order valence-corrected chi connectivity index (χ1v) is 8.30. The molecule has 0 spiro atoms. The molecule has 1 unspecified atom stereocenters. The predicted octanol–water partition coefficient (Wildman–Crippen LogP) is 2.21. The van der Waals surface area contributed by atoms with Gasteiger partial charge in [-0.05, 0) is 60.2 Å². The van der Waals surface area contributed by atoms with Gasteiger partial charge in [-0.1, -0.05) is 13.3 Å². The highest BCUT2D eigenvalue weighted by molar-refractivity contribution is 14.1. The molecular weight excluding hydrogens is 381 g/mol. The molecule has 1 atom stereocenters. The van der Waals surface area contributed by atoms with Crippen molar-refractivity contribution < 1.29 is 18.3 Å². The topological polar surface area (TPSA) is 83.5 Å². The van der Waals surface area contributed by atoms with E-state index in [1.807, 2.05) is 0 Å². The second-order valence-corrected chi connectivity index (χ2v) is 7.37. The number of benzene rings is 1. The molecule has 0 amide bonds. The molecule has 5 nitrogen and oxygen atoms in total. The summed E-state index contributed by atoms with van der Waals surface area (Å²) in [7, 11) is -3.84. The van der Waals surface area contributed by atoms with Crippen molar-refractivity contribution in [2.75, 3.05) is 0 Å². The molecule has 0 bridgehead atoms. The molecule has 0 saturated carbocycles. The first-order valence-electron chi connectivity index (χ1n) is 5.74. The number of carboxylic acids is 1. The molecule has 0 aliphatic carbocycles. The minimum Gasteiger partial charge on any atom is -0.480 e. The standard InChI is InChI=1S/C12H16INO4S/c1-3-8-12(2,11(15)16)14-19(17,18)10-6-4-9(13)5-7-10/h4-7,14H,3,8H2,1-2H3,(H,15,16). The highest BCUT2D eigenvalue weighted by atomic mass is 127. The van der Waals surface area contributed by atoms with Crippen LogP contribution in [0.3, 0.4) is 0 Å². The minimum atomic E-state index is -3.84. The molecule has 19 heavy (non-hydrogen) atoms. The Morgan fingerprint density at radius 1 is 1.37 bits per heavy atom. The Hall–Kier alpha value is -0.670. The van der Waals surface area contributed by atoms with Crippen LogP contribution in [0.4, 0.5) is 0 Å².